The molecule has 0 radical (unpaired) electrons. The van der Waals surface area contributed by atoms with Crippen molar-refractivity contribution in [2.24, 2.45) is 0 Å². The third kappa shape index (κ3) is 4.04. The Morgan fingerprint density at radius 2 is 0.864 bits per heavy atom. The van der Waals surface area contributed by atoms with Crippen LogP contribution >= 0.6 is 0 Å². The van der Waals surface area contributed by atoms with Crippen LogP contribution < -0.4 is 0 Å². The molecule has 0 N–H and O–H groups in total. The molecule has 2 heterocycles. The van der Waals surface area contributed by atoms with Crippen LogP contribution in [0.3, 0.4) is 0 Å². The molecule has 0 fully saturated rings. The maximum Gasteiger partial charge on any atom is 0.136 e. The first-order chi connectivity index (χ1) is 21.8. The summed E-state index contributed by atoms with van der Waals surface area (Å²) in [4.78, 5) is 0. The Morgan fingerprint density at radius 1 is 0.273 bits per heavy atom. The summed E-state index contributed by atoms with van der Waals surface area (Å²) < 4.78 is 12.6. The predicted molar refractivity (Wildman–Crippen MR) is 183 cm³/mol. The number of hydrogen-bond donors (Lipinski definition) is 0. The third-order valence-electron chi connectivity index (χ3n) is 8.67. The minimum atomic E-state index is 0.892. The lowest BCUT2D eigenvalue weighted by atomic mass is 9.91. The molecular weight excluding hydrogens is 536 g/mol. The van der Waals surface area contributed by atoms with E-state index in [1.807, 2.05) is 18.2 Å². The zero-order valence-electron chi connectivity index (χ0n) is 23.8. The summed E-state index contributed by atoms with van der Waals surface area (Å²) in [6.45, 7) is 0. The fourth-order valence-electron chi connectivity index (χ4n) is 6.53. The minimum absolute atomic E-state index is 0.892. The van der Waals surface area contributed by atoms with Crippen LogP contribution in [0.2, 0.25) is 0 Å². The minimum Gasteiger partial charge on any atom is -0.456 e. The number of para-hydroxylation sites is 1. The first-order valence-electron chi connectivity index (χ1n) is 14.9. The van der Waals surface area contributed by atoms with E-state index in [0.717, 1.165) is 71.7 Å². The number of fused-ring (bicyclic) bond motifs is 6. The van der Waals surface area contributed by atoms with Crippen molar-refractivity contribution >= 4 is 43.9 Å². The van der Waals surface area contributed by atoms with Crippen molar-refractivity contribution < 1.29 is 8.83 Å². The summed E-state index contributed by atoms with van der Waals surface area (Å²) in [5, 5.41) is 4.51. The fraction of sp³-hybridized carbons (Fsp3) is 0. The van der Waals surface area contributed by atoms with E-state index in [1.165, 1.54) is 16.7 Å². The van der Waals surface area contributed by atoms with Gasteiger partial charge in [-0.3, -0.25) is 0 Å². The number of furan rings is 2. The van der Waals surface area contributed by atoms with Gasteiger partial charge < -0.3 is 8.83 Å². The van der Waals surface area contributed by atoms with E-state index in [0.29, 0.717) is 0 Å². The highest BCUT2D eigenvalue weighted by molar-refractivity contribution is 6.13. The molecule has 206 valence electrons. The molecule has 0 spiro atoms. The Bertz CT molecular complexity index is 2480. The molecule has 9 rings (SSSR count). The molecule has 2 aromatic heterocycles. The quantitative estimate of drug-likeness (QED) is 0.213. The van der Waals surface area contributed by atoms with E-state index in [-0.39, 0.29) is 0 Å². The normalized spacial score (nSPS) is 11.6. The molecule has 0 saturated heterocycles. The van der Waals surface area contributed by atoms with Gasteiger partial charge in [-0.15, -0.1) is 0 Å². The molecule has 0 aliphatic rings. The molecule has 44 heavy (non-hydrogen) atoms. The number of hydrogen-bond acceptors (Lipinski definition) is 2. The van der Waals surface area contributed by atoms with E-state index < -0.39 is 0 Å². The monoisotopic (exact) mass is 562 g/mol. The van der Waals surface area contributed by atoms with Gasteiger partial charge in [0.05, 0.1) is 0 Å². The maximum atomic E-state index is 6.36. The van der Waals surface area contributed by atoms with Crippen LogP contribution in [0.25, 0.3) is 88.4 Å². The molecule has 0 atom stereocenters. The molecule has 0 unspecified atom stereocenters. The van der Waals surface area contributed by atoms with Crippen molar-refractivity contribution in [1.29, 1.82) is 0 Å². The van der Waals surface area contributed by atoms with Crippen LogP contribution in [0.1, 0.15) is 0 Å². The van der Waals surface area contributed by atoms with Crippen LogP contribution in [0.15, 0.2) is 167 Å². The molecule has 2 heteroatoms. The van der Waals surface area contributed by atoms with Gasteiger partial charge in [0.1, 0.15) is 22.3 Å². The van der Waals surface area contributed by atoms with Gasteiger partial charge >= 0.3 is 0 Å². The standard InChI is InChI=1S/C42H26O2/c1-3-10-27(11-4-1)30-18-20-35-37-25-29(19-21-39(37)44-41(35)26-30)32-22-31(28-12-5-2-6-13-28)23-33(24-32)34-15-9-17-40-42(34)36-14-7-8-16-38(36)43-40/h1-26H. The van der Waals surface area contributed by atoms with E-state index in [2.05, 4.69) is 140 Å². The van der Waals surface area contributed by atoms with Gasteiger partial charge in [-0.25, -0.2) is 0 Å². The Kier molecular flexibility index (Phi) is 5.54. The molecule has 0 aliphatic carbocycles. The molecule has 0 amide bonds. The van der Waals surface area contributed by atoms with Gasteiger partial charge in [-0.2, -0.15) is 0 Å². The van der Waals surface area contributed by atoms with Crippen molar-refractivity contribution in [3.05, 3.63) is 158 Å². The van der Waals surface area contributed by atoms with Crippen molar-refractivity contribution in [3.8, 4) is 44.5 Å². The second-order valence-electron chi connectivity index (χ2n) is 11.3. The summed E-state index contributed by atoms with van der Waals surface area (Å²) in [6.07, 6.45) is 0. The lowest BCUT2D eigenvalue weighted by molar-refractivity contribution is 0.668. The first-order valence-corrected chi connectivity index (χ1v) is 14.9. The highest BCUT2D eigenvalue weighted by Gasteiger charge is 2.16. The molecule has 0 saturated carbocycles. The van der Waals surface area contributed by atoms with Crippen LogP contribution in [0, 0.1) is 0 Å². The predicted octanol–water partition coefficient (Wildman–Crippen LogP) is 12.2. The summed E-state index contributed by atoms with van der Waals surface area (Å²) in [5.74, 6) is 0. The lowest BCUT2D eigenvalue weighted by Gasteiger charge is -2.12. The number of rotatable bonds is 4. The Hall–Kier alpha value is -5.86. The van der Waals surface area contributed by atoms with Gasteiger partial charge in [0.25, 0.3) is 0 Å². The smallest absolute Gasteiger partial charge is 0.136 e. The number of benzene rings is 7. The van der Waals surface area contributed by atoms with Gasteiger partial charge in [0.2, 0.25) is 0 Å². The fourth-order valence-corrected chi connectivity index (χ4v) is 6.53. The molecular formula is C42H26O2. The Balaban J connectivity index is 1.24. The summed E-state index contributed by atoms with van der Waals surface area (Å²) in [7, 11) is 0. The lowest BCUT2D eigenvalue weighted by Crippen LogP contribution is -1.87. The largest absolute Gasteiger partial charge is 0.456 e. The van der Waals surface area contributed by atoms with Crippen molar-refractivity contribution in [1.82, 2.24) is 0 Å². The maximum absolute atomic E-state index is 6.36. The third-order valence-corrected chi connectivity index (χ3v) is 8.67. The topological polar surface area (TPSA) is 26.3 Å². The highest BCUT2D eigenvalue weighted by atomic mass is 16.3. The van der Waals surface area contributed by atoms with Crippen molar-refractivity contribution in [3.63, 3.8) is 0 Å². The van der Waals surface area contributed by atoms with Crippen LogP contribution in [0.5, 0.6) is 0 Å². The average molecular weight is 563 g/mol. The molecule has 7 aromatic carbocycles. The van der Waals surface area contributed by atoms with Crippen LogP contribution in [0.4, 0.5) is 0 Å². The first kappa shape index (κ1) is 24.7. The van der Waals surface area contributed by atoms with E-state index in [4.69, 9.17) is 8.83 Å². The van der Waals surface area contributed by atoms with Gasteiger partial charge in [-0.05, 0) is 99.1 Å². The summed E-state index contributed by atoms with van der Waals surface area (Å²) in [5.41, 5.74) is 12.9. The second kappa shape index (κ2) is 9.86. The summed E-state index contributed by atoms with van der Waals surface area (Å²) >= 11 is 0. The van der Waals surface area contributed by atoms with Gasteiger partial charge in [0.15, 0.2) is 0 Å². The van der Waals surface area contributed by atoms with E-state index in [9.17, 15) is 0 Å². The summed E-state index contributed by atoms with van der Waals surface area (Å²) in [6, 6.07) is 55.6. The average Bonchev–Trinajstić information content (AvgIpc) is 3.66. The highest BCUT2D eigenvalue weighted by Crippen LogP contribution is 2.41. The van der Waals surface area contributed by atoms with Crippen LogP contribution in [-0.4, -0.2) is 0 Å². The SMILES string of the molecule is c1ccc(-c2cc(-c3ccc4oc5cc(-c6ccccc6)ccc5c4c3)cc(-c3cccc4oc5ccccc5c34)c2)cc1. The van der Waals surface area contributed by atoms with Crippen molar-refractivity contribution in [2.45, 2.75) is 0 Å². The Morgan fingerprint density at radius 3 is 1.68 bits per heavy atom. The zero-order chi connectivity index (χ0) is 29.0. The molecule has 9 aromatic rings. The van der Waals surface area contributed by atoms with Crippen molar-refractivity contribution in [2.75, 3.05) is 0 Å². The second-order valence-corrected chi connectivity index (χ2v) is 11.3. The Labute approximate surface area is 254 Å². The van der Waals surface area contributed by atoms with E-state index in [1.54, 1.807) is 0 Å². The molecule has 2 nitrogen and oxygen atoms in total. The van der Waals surface area contributed by atoms with Gasteiger partial charge in [-0.1, -0.05) is 103 Å². The van der Waals surface area contributed by atoms with Gasteiger partial charge in [0, 0.05) is 21.5 Å². The van der Waals surface area contributed by atoms with Crippen LogP contribution in [-0.2, 0) is 0 Å². The molecule has 0 aliphatic heterocycles. The zero-order valence-corrected chi connectivity index (χ0v) is 23.8. The molecule has 0 bridgehead atoms. The van der Waals surface area contributed by atoms with E-state index >= 15 is 0 Å².